The van der Waals surface area contributed by atoms with Crippen LogP contribution in [-0.2, 0) is 10.8 Å². The number of benzene rings is 2. The predicted octanol–water partition coefficient (Wildman–Crippen LogP) is 5.44. The van der Waals surface area contributed by atoms with Crippen molar-refractivity contribution in [3.05, 3.63) is 53.7 Å². The van der Waals surface area contributed by atoms with E-state index in [4.69, 9.17) is 0 Å². The normalized spacial score (nSPS) is 12.4. The molecule has 1 heterocycles. The highest BCUT2D eigenvalue weighted by atomic mass is 16.3. The van der Waals surface area contributed by atoms with Crippen LogP contribution in [0.2, 0.25) is 0 Å². The van der Waals surface area contributed by atoms with Crippen LogP contribution in [-0.4, -0.2) is 20.5 Å². The topological polar surface area (TPSA) is 61.8 Å². The van der Waals surface area contributed by atoms with Crippen LogP contribution < -0.4 is 0 Å². The first-order chi connectivity index (χ1) is 12.1. The zero-order valence-electron chi connectivity index (χ0n) is 16.4. The van der Waals surface area contributed by atoms with Crippen molar-refractivity contribution >= 4 is 0 Å². The summed E-state index contributed by atoms with van der Waals surface area (Å²) < 4.78 is 0. The minimum Gasteiger partial charge on any atom is -0.507 e. The number of nitrogens with one attached hydrogen (secondary N) is 1. The molecule has 0 aliphatic rings. The molecule has 0 aliphatic carbocycles. The average molecular weight is 349 g/mol. The molecule has 0 spiro atoms. The zero-order valence-corrected chi connectivity index (χ0v) is 16.4. The number of aromatic amines is 1. The largest absolute Gasteiger partial charge is 0.507 e. The Kier molecular flexibility index (Phi) is 4.39. The lowest BCUT2D eigenvalue weighted by Crippen LogP contribution is -2.17. The maximum absolute atomic E-state index is 11.1. The molecule has 4 nitrogen and oxygen atoms in total. The number of hydrogen-bond donors (Lipinski definition) is 2. The van der Waals surface area contributed by atoms with Crippen LogP contribution in [0.15, 0.2) is 42.6 Å². The van der Waals surface area contributed by atoms with E-state index < -0.39 is 0 Å². The van der Waals surface area contributed by atoms with Gasteiger partial charge in [-0.3, -0.25) is 5.10 Å². The fraction of sp³-hybridized carbons (Fsp3) is 0.364. The van der Waals surface area contributed by atoms with E-state index in [1.165, 1.54) is 5.56 Å². The Morgan fingerprint density at radius 2 is 1.50 bits per heavy atom. The Balaban J connectivity index is 2.33. The third kappa shape index (κ3) is 3.36. The Labute approximate surface area is 155 Å². The quantitative estimate of drug-likeness (QED) is 0.647. The molecule has 2 N–H and O–H groups in total. The molecule has 2 aromatic carbocycles. The maximum atomic E-state index is 11.1. The van der Waals surface area contributed by atoms with Gasteiger partial charge in [-0.2, -0.15) is 0 Å². The van der Waals surface area contributed by atoms with Crippen molar-refractivity contribution < 1.29 is 5.11 Å². The molecule has 136 valence electrons. The second kappa shape index (κ2) is 6.27. The first-order valence-corrected chi connectivity index (χ1v) is 8.93. The van der Waals surface area contributed by atoms with E-state index in [9.17, 15) is 5.11 Å². The molecular formula is C22H27N3O. The van der Waals surface area contributed by atoms with Gasteiger partial charge in [-0.25, -0.2) is 0 Å². The molecule has 0 fully saturated rings. The van der Waals surface area contributed by atoms with Crippen LogP contribution >= 0.6 is 0 Å². The second-order valence-electron chi connectivity index (χ2n) is 8.82. The minimum atomic E-state index is -0.164. The number of phenols is 1. The number of nitrogens with zero attached hydrogens (tertiary/aromatic N) is 2. The lowest BCUT2D eigenvalue weighted by atomic mass is 9.77. The predicted molar refractivity (Wildman–Crippen MR) is 106 cm³/mol. The van der Waals surface area contributed by atoms with Gasteiger partial charge in [0.25, 0.3) is 0 Å². The standard InChI is InChI=1S/C22H27N3O/c1-21(2,3)14-11-17(20(26)18(12-14)22(4,5)6)15-9-7-8-10-16(15)19-13-23-25-24-19/h7-13,26H,1-6H3,(H,23,24,25). The summed E-state index contributed by atoms with van der Waals surface area (Å²) in [6.07, 6.45) is 1.77. The van der Waals surface area contributed by atoms with Gasteiger partial charge in [0.2, 0.25) is 0 Å². The summed E-state index contributed by atoms with van der Waals surface area (Å²) in [5.74, 6) is 0.335. The maximum Gasteiger partial charge on any atom is 0.127 e. The fourth-order valence-corrected chi connectivity index (χ4v) is 3.12. The Morgan fingerprint density at radius 1 is 0.846 bits per heavy atom. The molecule has 3 rings (SSSR count). The van der Waals surface area contributed by atoms with Gasteiger partial charge in [-0.1, -0.05) is 77.1 Å². The SMILES string of the molecule is CC(C)(C)c1cc(-c2ccccc2-c2c[nH]nn2)c(O)c(C(C)(C)C)c1. The molecular weight excluding hydrogens is 322 g/mol. The van der Waals surface area contributed by atoms with Crippen molar-refractivity contribution in [2.45, 2.75) is 52.4 Å². The van der Waals surface area contributed by atoms with E-state index in [-0.39, 0.29) is 10.8 Å². The van der Waals surface area contributed by atoms with Gasteiger partial charge in [0, 0.05) is 16.7 Å². The molecule has 0 radical (unpaired) electrons. The third-order valence-electron chi connectivity index (χ3n) is 4.69. The molecule has 0 amide bonds. The number of rotatable bonds is 2. The molecule has 0 unspecified atom stereocenters. The lowest BCUT2D eigenvalue weighted by molar-refractivity contribution is 0.446. The summed E-state index contributed by atoms with van der Waals surface area (Å²) in [7, 11) is 0. The van der Waals surface area contributed by atoms with Gasteiger partial charge >= 0.3 is 0 Å². The van der Waals surface area contributed by atoms with E-state index in [0.717, 1.165) is 27.9 Å². The summed E-state index contributed by atoms with van der Waals surface area (Å²) in [5, 5.41) is 21.9. The Hall–Kier alpha value is -2.62. The summed E-state index contributed by atoms with van der Waals surface area (Å²) in [6, 6.07) is 12.2. The van der Waals surface area contributed by atoms with Crippen molar-refractivity contribution in [3.63, 3.8) is 0 Å². The zero-order chi connectivity index (χ0) is 19.1. The molecule has 0 aliphatic heterocycles. The molecule has 0 bridgehead atoms. The van der Waals surface area contributed by atoms with Crippen LogP contribution in [0, 0.1) is 0 Å². The summed E-state index contributed by atoms with van der Waals surface area (Å²) in [4.78, 5) is 0. The molecule has 3 aromatic rings. The molecule has 1 aromatic heterocycles. The van der Waals surface area contributed by atoms with Crippen LogP contribution in [0.25, 0.3) is 22.4 Å². The van der Waals surface area contributed by atoms with Crippen molar-refractivity contribution in [1.82, 2.24) is 15.4 Å². The molecule has 4 heteroatoms. The highest BCUT2D eigenvalue weighted by molar-refractivity contribution is 5.85. The first kappa shape index (κ1) is 18.2. The Morgan fingerprint density at radius 3 is 2.04 bits per heavy atom. The van der Waals surface area contributed by atoms with Crippen molar-refractivity contribution in [2.75, 3.05) is 0 Å². The Bertz CT molecular complexity index is 914. The second-order valence-corrected chi connectivity index (χ2v) is 8.82. The van der Waals surface area contributed by atoms with E-state index in [2.05, 4.69) is 69.1 Å². The van der Waals surface area contributed by atoms with Gasteiger partial charge < -0.3 is 5.11 Å². The minimum absolute atomic E-state index is 0.0225. The van der Waals surface area contributed by atoms with Gasteiger partial charge in [-0.05, 0) is 28.0 Å². The third-order valence-corrected chi connectivity index (χ3v) is 4.69. The smallest absolute Gasteiger partial charge is 0.127 e. The van der Waals surface area contributed by atoms with Gasteiger partial charge in [-0.15, -0.1) is 5.10 Å². The van der Waals surface area contributed by atoms with Crippen LogP contribution in [0.1, 0.15) is 52.7 Å². The van der Waals surface area contributed by atoms with Crippen molar-refractivity contribution in [3.8, 4) is 28.1 Å². The van der Waals surface area contributed by atoms with E-state index in [1.807, 2.05) is 24.3 Å². The molecule has 0 saturated carbocycles. The molecule has 26 heavy (non-hydrogen) atoms. The van der Waals surface area contributed by atoms with Crippen molar-refractivity contribution in [1.29, 1.82) is 0 Å². The number of H-pyrrole nitrogens is 1. The highest BCUT2D eigenvalue weighted by Gasteiger charge is 2.26. The van der Waals surface area contributed by atoms with E-state index in [1.54, 1.807) is 6.20 Å². The number of aromatic nitrogens is 3. The number of phenolic OH excluding ortho intramolecular Hbond substituents is 1. The van der Waals surface area contributed by atoms with Gasteiger partial charge in [0.05, 0.1) is 6.20 Å². The number of aromatic hydroxyl groups is 1. The average Bonchev–Trinajstić information content (AvgIpc) is 3.07. The summed E-state index contributed by atoms with van der Waals surface area (Å²) >= 11 is 0. The van der Waals surface area contributed by atoms with E-state index in [0.29, 0.717) is 5.75 Å². The summed E-state index contributed by atoms with van der Waals surface area (Å²) in [6.45, 7) is 13.0. The van der Waals surface area contributed by atoms with E-state index >= 15 is 0 Å². The van der Waals surface area contributed by atoms with Gasteiger partial charge in [0.1, 0.15) is 11.4 Å². The summed E-state index contributed by atoms with van der Waals surface area (Å²) in [5.41, 5.74) is 5.46. The lowest BCUT2D eigenvalue weighted by Gasteiger charge is -2.28. The molecule has 0 atom stereocenters. The van der Waals surface area contributed by atoms with Crippen LogP contribution in [0.3, 0.4) is 0 Å². The highest BCUT2D eigenvalue weighted by Crippen LogP contribution is 2.44. The van der Waals surface area contributed by atoms with Crippen molar-refractivity contribution in [2.24, 2.45) is 0 Å². The van der Waals surface area contributed by atoms with Crippen LogP contribution in [0.4, 0.5) is 0 Å². The molecule has 0 saturated heterocycles. The fourth-order valence-electron chi connectivity index (χ4n) is 3.12. The first-order valence-electron chi connectivity index (χ1n) is 8.93. The van der Waals surface area contributed by atoms with Gasteiger partial charge in [0.15, 0.2) is 0 Å². The number of hydrogen-bond acceptors (Lipinski definition) is 3. The van der Waals surface area contributed by atoms with Crippen LogP contribution in [0.5, 0.6) is 5.75 Å². The monoisotopic (exact) mass is 349 g/mol.